The van der Waals surface area contributed by atoms with Crippen molar-refractivity contribution in [2.45, 2.75) is 0 Å². The van der Waals surface area contributed by atoms with Crippen molar-refractivity contribution in [3.05, 3.63) is 54.2 Å². The van der Waals surface area contributed by atoms with Crippen LogP contribution in [0.4, 0.5) is 5.69 Å². The topological polar surface area (TPSA) is 89.1 Å². The van der Waals surface area contributed by atoms with Gasteiger partial charge < -0.3 is 10.8 Å². The molecule has 1 aromatic heterocycles. The van der Waals surface area contributed by atoms with Gasteiger partial charge in [-0.3, -0.25) is 0 Å². The zero-order valence-corrected chi connectivity index (χ0v) is 10.4. The highest BCUT2D eigenvalue weighted by Gasteiger charge is 2.08. The molecule has 0 aliphatic rings. The number of anilines is 1. The summed E-state index contributed by atoms with van der Waals surface area (Å²) < 4.78 is 0. The summed E-state index contributed by atoms with van der Waals surface area (Å²) in [4.78, 5) is 11.0. The standard InChI is InChI=1S/C15H11N3O2/c16-11-7-14(18-17-8-11)13-3-1-2-9-6-10(15(19)20)4-5-12(9)13/h1-8H,(H2,16,18)(H,19,20). The van der Waals surface area contributed by atoms with E-state index in [0.29, 0.717) is 11.4 Å². The minimum atomic E-state index is -0.943. The Morgan fingerprint density at radius 1 is 1.15 bits per heavy atom. The van der Waals surface area contributed by atoms with Crippen molar-refractivity contribution < 1.29 is 9.90 Å². The normalized spacial score (nSPS) is 10.6. The summed E-state index contributed by atoms with van der Waals surface area (Å²) in [6, 6.07) is 12.4. The number of benzene rings is 2. The van der Waals surface area contributed by atoms with Crippen LogP contribution in [0.2, 0.25) is 0 Å². The van der Waals surface area contributed by atoms with E-state index in [1.807, 2.05) is 18.2 Å². The Bertz CT molecular complexity index is 815. The van der Waals surface area contributed by atoms with Gasteiger partial charge in [-0.25, -0.2) is 4.79 Å². The number of hydrogen-bond donors (Lipinski definition) is 2. The van der Waals surface area contributed by atoms with Gasteiger partial charge in [0.05, 0.1) is 23.1 Å². The zero-order chi connectivity index (χ0) is 14.1. The van der Waals surface area contributed by atoms with Crippen molar-refractivity contribution in [2.75, 3.05) is 5.73 Å². The highest BCUT2D eigenvalue weighted by atomic mass is 16.4. The highest BCUT2D eigenvalue weighted by Crippen LogP contribution is 2.28. The molecule has 2 aromatic carbocycles. The third kappa shape index (κ3) is 2.05. The van der Waals surface area contributed by atoms with Crippen LogP contribution in [0.15, 0.2) is 48.7 Å². The molecule has 0 spiro atoms. The number of aromatic carboxylic acids is 1. The number of carboxylic acid groups (broad SMARTS) is 1. The quantitative estimate of drug-likeness (QED) is 0.743. The lowest BCUT2D eigenvalue weighted by atomic mass is 10.00. The van der Waals surface area contributed by atoms with Gasteiger partial charge in [-0.05, 0) is 29.0 Å². The summed E-state index contributed by atoms with van der Waals surface area (Å²) in [5.41, 5.74) is 8.06. The predicted molar refractivity (Wildman–Crippen MR) is 76.3 cm³/mol. The number of carbonyl (C=O) groups is 1. The molecular weight excluding hydrogens is 254 g/mol. The van der Waals surface area contributed by atoms with Crippen molar-refractivity contribution in [1.29, 1.82) is 0 Å². The van der Waals surface area contributed by atoms with Crippen LogP contribution in [0.25, 0.3) is 22.0 Å². The molecule has 98 valence electrons. The van der Waals surface area contributed by atoms with Crippen LogP contribution < -0.4 is 5.73 Å². The second kappa shape index (κ2) is 4.62. The first-order valence-corrected chi connectivity index (χ1v) is 6.00. The summed E-state index contributed by atoms with van der Waals surface area (Å²) >= 11 is 0. The molecule has 3 rings (SSSR count). The number of carboxylic acids is 1. The third-order valence-corrected chi connectivity index (χ3v) is 3.08. The molecule has 0 fully saturated rings. The Morgan fingerprint density at radius 3 is 2.75 bits per heavy atom. The van der Waals surface area contributed by atoms with Gasteiger partial charge in [-0.2, -0.15) is 10.2 Å². The molecule has 3 N–H and O–H groups in total. The molecule has 0 unspecified atom stereocenters. The molecule has 0 saturated carbocycles. The van der Waals surface area contributed by atoms with E-state index in [0.717, 1.165) is 16.3 Å². The van der Waals surface area contributed by atoms with Crippen molar-refractivity contribution in [2.24, 2.45) is 0 Å². The maximum absolute atomic E-state index is 11.0. The molecule has 0 saturated heterocycles. The number of hydrogen-bond acceptors (Lipinski definition) is 4. The van der Waals surface area contributed by atoms with Crippen LogP contribution in [-0.2, 0) is 0 Å². The van der Waals surface area contributed by atoms with Gasteiger partial charge in [0.2, 0.25) is 0 Å². The average molecular weight is 265 g/mol. The Kier molecular flexibility index (Phi) is 2.80. The van der Waals surface area contributed by atoms with E-state index in [9.17, 15) is 4.79 Å². The molecule has 0 bridgehead atoms. The van der Waals surface area contributed by atoms with Gasteiger partial charge >= 0.3 is 5.97 Å². The Morgan fingerprint density at radius 2 is 2.00 bits per heavy atom. The molecule has 5 nitrogen and oxygen atoms in total. The first kappa shape index (κ1) is 12.1. The van der Waals surface area contributed by atoms with Crippen LogP contribution in [0.1, 0.15) is 10.4 Å². The molecule has 1 heterocycles. The summed E-state index contributed by atoms with van der Waals surface area (Å²) in [5, 5.41) is 18.7. The largest absolute Gasteiger partial charge is 0.478 e. The predicted octanol–water partition coefficient (Wildman–Crippen LogP) is 2.58. The van der Waals surface area contributed by atoms with Gasteiger partial charge in [-0.1, -0.05) is 24.3 Å². The van der Waals surface area contributed by atoms with E-state index in [2.05, 4.69) is 10.2 Å². The van der Waals surface area contributed by atoms with Crippen molar-refractivity contribution in [1.82, 2.24) is 10.2 Å². The van der Waals surface area contributed by atoms with Crippen LogP contribution >= 0.6 is 0 Å². The number of nitrogens with two attached hydrogens (primary N) is 1. The minimum Gasteiger partial charge on any atom is -0.478 e. The van der Waals surface area contributed by atoms with Crippen molar-refractivity contribution >= 4 is 22.4 Å². The van der Waals surface area contributed by atoms with Gasteiger partial charge in [0.25, 0.3) is 0 Å². The van der Waals surface area contributed by atoms with Gasteiger partial charge in [0.15, 0.2) is 0 Å². The first-order chi connectivity index (χ1) is 9.65. The summed E-state index contributed by atoms with van der Waals surface area (Å²) in [5.74, 6) is -0.943. The minimum absolute atomic E-state index is 0.258. The molecule has 3 aromatic rings. The van der Waals surface area contributed by atoms with Gasteiger partial charge in [0, 0.05) is 5.56 Å². The third-order valence-electron chi connectivity index (χ3n) is 3.08. The lowest BCUT2D eigenvalue weighted by Crippen LogP contribution is -1.96. The zero-order valence-electron chi connectivity index (χ0n) is 10.4. The SMILES string of the molecule is Nc1cnnc(-c2cccc3cc(C(=O)O)ccc23)c1. The van der Waals surface area contributed by atoms with Crippen LogP contribution in [0, 0.1) is 0 Å². The van der Waals surface area contributed by atoms with Crippen LogP contribution in [-0.4, -0.2) is 21.3 Å². The molecular formula is C15H11N3O2. The second-order valence-corrected chi connectivity index (χ2v) is 4.42. The summed E-state index contributed by atoms with van der Waals surface area (Å²) in [7, 11) is 0. The molecule has 0 radical (unpaired) electrons. The fraction of sp³-hybridized carbons (Fsp3) is 0. The Labute approximate surface area is 114 Å². The van der Waals surface area contributed by atoms with E-state index < -0.39 is 5.97 Å². The maximum atomic E-state index is 11.0. The van der Waals surface area contributed by atoms with E-state index >= 15 is 0 Å². The molecule has 0 atom stereocenters. The lowest BCUT2D eigenvalue weighted by Gasteiger charge is -2.07. The number of nitrogens with zero attached hydrogens (tertiary/aromatic N) is 2. The highest BCUT2D eigenvalue weighted by molar-refractivity contribution is 6.00. The van der Waals surface area contributed by atoms with E-state index in [1.54, 1.807) is 24.3 Å². The van der Waals surface area contributed by atoms with E-state index in [1.165, 1.54) is 6.20 Å². The van der Waals surface area contributed by atoms with E-state index in [-0.39, 0.29) is 5.56 Å². The summed E-state index contributed by atoms with van der Waals surface area (Å²) in [6.45, 7) is 0. The first-order valence-electron chi connectivity index (χ1n) is 6.00. The van der Waals surface area contributed by atoms with Gasteiger partial charge in [0.1, 0.15) is 0 Å². The van der Waals surface area contributed by atoms with Crippen molar-refractivity contribution in [3.8, 4) is 11.3 Å². The molecule has 5 heteroatoms. The maximum Gasteiger partial charge on any atom is 0.335 e. The van der Waals surface area contributed by atoms with Crippen LogP contribution in [0.5, 0.6) is 0 Å². The smallest absolute Gasteiger partial charge is 0.335 e. The number of aromatic nitrogens is 2. The number of rotatable bonds is 2. The Balaban J connectivity index is 2.24. The Hall–Kier alpha value is -2.95. The molecule has 0 aliphatic heterocycles. The van der Waals surface area contributed by atoms with Crippen molar-refractivity contribution in [3.63, 3.8) is 0 Å². The monoisotopic (exact) mass is 265 g/mol. The fourth-order valence-electron chi connectivity index (χ4n) is 2.15. The second-order valence-electron chi connectivity index (χ2n) is 4.42. The fourth-order valence-corrected chi connectivity index (χ4v) is 2.15. The number of fused-ring (bicyclic) bond motifs is 1. The molecule has 20 heavy (non-hydrogen) atoms. The van der Waals surface area contributed by atoms with Crippen LogP contribution in [0.3, 0.4) is 0 Å². The van der Waals surface area contributed by atoms with Gasteiger partial charge in [-0.15, -0.1) is 0 Å². The summed E-state index contributed by atoms with van der Waals surface area (Å²) in [6.07, 6.45) is 1.48. The number of nitrogen functional groups attached to an aromatic ring is 1. The average Bonchev–Trinajstić information content (AvgIpc) is 2.46. The van der Waals surface area contributed by atoms with E-state index in [4.69, 9.17) is 10.8 Å². The molecule has 0 amide bonds. The lowest BCUT2D eigenvalue weighted by molar-refractivity contribution is 0.0697. The molecule has 0 aliphatic carbocycles.